The lowest BCUT2D eigenvalue weighted by atomic mass is 10.6. The largest absolute Gasteiger partial charge is 0.303 e. The minimum atomic E-state index is 0. The molecule has 0 rings (SSSR count). The first-order chi connectivity index (χ1) is 2.41. The summed E-state index contributed by atoms with van der Waals surface area (Å²) in [4.78, 5) is 18.3. The Bertz CT molecular complexity index is 38.1. The van der Waals surface area contributed by atoms with Crippen molar-refractivity contribution in [2.24, 2.45) is 0 Å². The Morgan fingerprint density at radius 3 is 1.50 bits per heavy atom. The van der Waals surface area contributed by atoms with Crippen molar-refractivity contribution in [3.8, 4) is 0 Å². The second kappa shape index (κ2) is 8.92. The van der Waals surface area contributed by atoms with E-state index < -0.39 is 0 Å². The first-order valence-corrected chi connectivity index (χ1v) is 1.29. The Morgan fingerprint density at radius 1 is 1.17 bits per heavy atom. The van der Waals surface area contributed by atoms with Crippen LogP contribution < -0.4 is 0 Å². The number of aldehydes is 2. The third-order valence-corrected chi connectivity index (χ3v) is 0.192. The first kappa shape index (κ1) is 9.44. The highest BCUT2D eigenvalue weighted by Gasteiger charge is 1.65. The Morgan fingerprint density at radius 2 is 1.50 bits per heavy atom. The van der Waals surface area contributed by atoms with Crippen molar-refractivity contribution in [2.45, 2.75) is 6.42 Å². The summed E-state index contributed by atoms with van der Waals surface area (Å²) in [6.45, 7) is 0. The highest BCUT2D eigenvalue weighted by molar-refractivity contribution is 5.75. The zero-order valence-corrected chi connectivity index (χ0v) is 4.80. The van der Waals surface area contributed by atoms with Gasteiger partial charge >= 0.3 is 0 Å². The van der Waals surface area contributed by atoms with Crippen LogP contribution in [0.25, 0.3) is 0 Å². The minimum Gasteiger partial charge on any atom is -0.303 e. The van der Waals surface area contributed by atoms with E-state index in [2.05, 4.69) is 0 Å². The molecule has 6 heavy (non-hydrogen) atoms. The fourth-order valence-corrected chi connectivity index (χ4v) is 0.0393. The quantitative estimate of drug-likeness (QED) is 0.261. The van der Waals surface area contributed by atoms with Gasteiger partial charge in [-0.25, -0.2) is 0 Å². The minimum absolute atomic E-state index is 0. The molecule has 2 radical (unpaired) electrons. The predicted octanol–water partition coefficient (Wildman–Crippen LogP) is -0.607. The van der Waals surface area contributed by atoms with Crippen LogP contribution in [0.15, 0.2) is 0 Å². The number of hydrogen-bond acceptors (Lipinski definition) is 2. The molecule has 0 aromatic carbocycles. The number of carbonyl (C=O) groups excluding carboxylic acids is 2. The maximum absolute atomic E-state index is 9.17. The Balaban J connectivity index is 0. The zero-order valence-electron chi connectivity index (χ0n) is 3.39. The predicted molar refractivity (Wildman–Crippen MR) is 22.5 cm³/mol. The van der Waals surface area contributed by atoms with Crippen LogP contribution in [0.5, 0.6) is 0 Å². The summed E-state index contributed by atoms with van der Waals surface area (Å²) in [6.07, 6.45) is 1.15. The molecule has 0 N–H and O–H groups in total. The molecule has 0 aromatic rings. The van der Waals surface area contributed by atoms with E-state index in [0.29, 0.717) is 12.6 Å². The van der Waals surface area contributed by atoms with Crippen LogP contribution in [0.3, 0.4) is 0 Å². The third-order valence-electron chi connectivity index (χ3n) is 0.192. The van der Waals surface area contributed by atoms with Crippen molar-refractivity contribution in [3.05, 3.63) is 0 Å². The fraction of sp³-hybridized carbons (Fsp3) is 0.333. The first-order valence-electron chi connectivity index (χ1n) is 1.29. The van der Waals surface area contributed by atoms with E-state index in [-0.39, 0.29) is 29.5 Å². The van der Waals surface area contributed by atoms with Crippen molar-refractivity contribution < 1.29 is 9.59 Å². The van der Waals surface area contributed by atoms with E-state index >= 15 is 0 Å². The van der Waals surface area contributed by atoms with Crippen molar-refractivity contribution in [1.82, 2.24) is 0 Å². The molecule has 0 bridgehead atoms. The average Bonchev–Trinajstić information content (AvgIpc) is 1.41. The van der Waals surface area contributed by atoms with Gasteiger partial charge in [0, 0.05) is 23.1 Å². The highest BCUT2D eigenvalue weighted by atomic mass is 24.3. The average molecular weight is 96.4 g/mol. The monoisotopic (exact) mass is 96.0 g/mol. The van der Waals surface area contributed by atoms with Gasteiger partial charge in [-0.3, -0.25) is 0 Å². The lowest BCUT2D eigenvalue weighted by Crippen LogP contribution is -1.69. The molecule has 0 heterocycles. The van der Waals surface area contributed by atoms with Gasteiger partial charge in [-0.1, -0.05) is 0 Å². The van der Waals surface area contributed by atoms with Crippen molar-refractivity contribution in [1.29, 1.82) is 0 Å². The van der Waals surface area contributed by atoms with Crippen LogP contribution in [0, 0.1) is 0 Å². The summed E-state index contributed by atoms with van der Waals surface area (Å²) in [7, 11) is 0. The molecule has 0 aromatic heterocycles. The molecule has 0 aliphatic carbocycles. The summed E-state index contributed by atoms with van der Waals surface area (Å²) in [5, 5.41) is 0. The van der Waals surface area contributed by atoms with Gasteiger partial charge in [-0.2, -0.15) is 0 Å². The van der Waals surface area contributed by atoms with Crippen molar-refractivity contribution in [2.75, 3.05) is 0 Å². The Kier molecular flexibility index (Phi) is 14.0. The number of rotatable bonds is 2. The number of hydrogen-bond donors (Lipinski definition) is 0. The SMILES string of the molecule is O=CCC=O.[Mg]. The van der Waals surface area contributed by atoms with Gasteiger partial charge in [0.2, 0.25) is 0 Å². The van der Waals surface area contributed by atoms with E-state index in [0.717, 1.165) is 0 Å². The molecule has 0 saturated heterocycles. The second-order valence-corrected chi connectivity index (χ2v) is 0.569. The van der Waals surface area contributed by atoms with E-state index in [1.807, 2.05) is 0 Å². The molecule has 0 unspecified atom stereocenters. The molecule has 2 nitrogen and oxygen atoms in total. The maximum Gasteiger partial charge on any atom is 0.127 e. The van der Waals surface area contributed by atoms with Crippen LogP contribution in [0.1, 0.15) is 6.42 Å². The summed E-state index contributed by atoms with van der Waals surface area (Å²) in [5.74, 6) is 0. The zero-order chi connectivity index (χ0) is 4.12. The van der Waals surface area contributed by atoms with Gasteiger partial charge < -0.3 is 9.59 Å². The Hall–Kier alpha value is 0.106. The second-order valence-electron chi connectivity index (χ2n) is 0.569. The van der Waals surface area contributed by atoms with Crippen LogP contribution >= 0.6 is 0 Å². The number of carbonyl (C=O) groups is 2. The van der Waals surface area contributed by atoms with E-state index in [1.165, 1.54) is 0 Å². The van der Waals surface area contributed by atoms with E-state index in [1.54, 1.807) is 0 Å². The van der Waals surface area contributed by atoms with Gasteiger partial charge in [0.1, 0.15) is 12.6 Å². The van der Waals surface area contributed by atoms with Crippen LogP contribution in [0.2, 0.25) is 0 Å². The molecule has 3 heteroatoms. The molecule has 0 aliphatic rings. The molecular weight excluding hydrogens is 92.3 g/mol. The van der Waals surface area contributed by atoms with Gasteiger partial charge in [-0.05, 0) is 0 Å². The summed E-state index contributed by atoms with van der Waals surface area (Å²) in [6, 6.07) is 0. The molecule has 0 fully saturated rings. The van der Waals surface area contributed by atoms with Gasteiger partial charge in [0.15, 0.2) is 0 Å². The van der Waals surface area contributed by atoms with Crippen LogP contribution in [-0.2, 0) is 9.59 Å². The summed E-state index contributed by atoms with van der Waals surface area (Å²) >= 11 is 0. The summed E-state index contributed by atoms with van der Waals surface area (Å²) < 4.78 is 0. The molecule has 0 saturated carbocycles. The van der Waals surface area contributed by atoms with E-state index in [4.69, 9.17) is 0 Å². The van der Waals surface area contributed by atoms with E-state index in [9.17, 15) is 9.59 Å². The molecule has 0 aliphatic heterocycles. The molecule has 30 valence electrons. The van der Waals surface area contributed by atoms with Gasteiger partial charge in [0.25, 0.3) is 0 Å². The highest BCUT2D eigenvalue weighted by Crippen LogP contribution is 1.50. The summed E-state index contributed by atoms with van der Waals surface area (Å²) in [5.41, 5.74) is 0. The Labute approximate surface area is 52.1 Å². The smallest absolute Gasteiger partial charge is 0.127 e. The molecule has 0 atom stereocenters. The van der Waals surface area contributed by atoms with Crippen molar-refractivity contribution in [3.63, 3.8) is 0 Å². The normalized spacial score (nSPS) is 5.33. The maximum atomic E-state index is 9.17. The lowest BCUT2D eigenvalue weighted by Gasteiger charge is -1.53. The van der Waals surface area contributed by atoms with Crippen molar-refractivity contribution >= 4 is 35.6 Å². The van der Waals surface area contributed by atoms with Crippen LogP contribution in [-0.4, -0.2) is 35.6 Å². The topological polar surface area (TPSA) is 34.1 Å². The lowest BCUT2D eigenvalue weighted by molar-refractivity contribution is -0.114. The third kappa shape index (κ3) is 8.93. The van der Waals surface area contributed by atoms with Crippen LogP contribution in [0.4, 0.5) is 0 Å². The fourth-order valence-electron chi connectivity index (χ4n) is 0.0393. The standard InChI is InChI=1S/C3H4O2.Mg/c4-2-1-3-5;/h2-3H,1H2;. The van der Waals surface area contributed by atoms with Gasteiger partial charge in [0.05, 0.1) is 6.42 Å². The molecule has 0 amide bonds. The molecule has 0 spiro atoms. The van der Waals surface area contributed by atoms with Gasteiger partial charge in [-0.15, -0.1) is 0 Å². The molecular formula is C3H4MgO2.